The Balaban J connectivity index is 2.24. The van der Waals surface area contributed by atoms with Gasteiger partial charge in [0, 0.05) is 13.1 Å². The highest BCUT2D eigenvalue weighted by Crippen LogP contribution is 2.16. The summed E-state index contributed by atoms with van der Waals surface area (Å²) in [5.41, 5.74) is 0.861. The minimum atomic E-state index is -0.694. The average molecular weight is 771 g/mol. The lowest BCUT2D eigenvalue weighted by Gasteiger charge is -2.23. The van der Waals surface area contributed by atoms with Crippen LogP contribution in [0.1, 0.15) is 225 Å². The van der Waals surface area contributed by atoms with E-state index in [2.05, 4.69) is 19.2 Å². The van der Waals surface area contributed by atoms with E-state index >= 15 is 0 Å². The van der Waals surface area contributed by atoms with Gasteiger partial charge in [-0.2, -0.15) is 0 Å². The molecule has 1 aromatic rings. The Morgan fingerprint density at radius 2 is 0.818 bits per heavy atom. The fourth-order valence-electron chi connectivity index (χ4n) is 7.27. The van der Waals surface area contributed by atoms with E-state index in [0.29, 0.717) is 13.1 Å². The van der Waals surface area contributed by atoms with Crippen molar-refractivity contribution < 1.29 is 23.9 Å². The van der Waals surface area contributed by atoms with E-state index in [1.165, 1.54) is 180 Å². The molecule has 0 aromatic heterocycles. The summed E-state index contributed by atoms with van der Waals surface area (Å²) in [6.07, 6.45) is 41.6. The number of carbonyl (C=O) groups is 3. The van der Waals surface area contributed by atoms with E-state index in [0.717, 1.165) is 31.2 Å². The van der Waals surface area contributed by atoms with E-state index in [9.17, 15) is 14.4 Å². The summed E-state index contributed by atoms with van der Waals surface area (Å²) >= 11 is 0. The Hall–Kier alpha value is -2.57. The Labute approximate surface area is 339 Å². The fraction of sp³-hybridized carbons (Fsp3) is 0.812. The van der Waals surface area contributed by atoms with Gasteiger partial charge in [-0.1, -0.05) is 237 Å². The third kappa shape index (κ3) is 34.4. The SMILES string of the molecule is CCCCCCCCCCCCCCCCCCN(CCCCCCCCCCCCCCCCCC)C(=O)COC(=O)CNC(=O)OCc1ccccc1. The first-order valence-electron chi connectivity index (χ1n) is 23.4. The third-order valence-corrected chi connectivity index (χ3v) is 10.9. The Bertz CT molecular complexity index is 967. The Kier molecular flexibility index (Phi) is 36.4. The molecular weight excluding hydrogens is 685 g/mol. The number of carbonyl (C=O) groups excluding carboxylic acids is 3. The number of nitrogens with one attached hydrogen (secondary N) is 1. The first kappa shape index (κ1) is 50.4. The lowest BCUT2D eigenvalue weighted by molar-refractivity contribution is -0.151. The van der Waals surface area contributed by atoms with Gasteiger partial charge in [-0.15, -0.1) is 0 Å². The summed E-state index contributed by atoms with van der Waals surface area (Å²) in [6.45, 7) is 5.46. The molecule has 0 saturated carbocycles. The molecule has 0 spiro atoms. The first-order chi connectivity index (χ1) is 27.1. The number of amides is 2. The largest absolute Gasteiger partial charge is 0.454 e. The smallest absolute Gasteiger partial charge is 0.407 e. The number of hydrogen-bond acceptors (Lipinski definition) is 5. The van der Waals surface area contributed by atoms with Crippen LogP contribution in [-0.2, 0) is 25.7 Å². The van der Waals surface area contributed by atoms with Crippen LogP contribution in [0.25, 0.3) is 0 Å². The van der Waals surface area contributed by atoms with Crippen molar-refractivity contribution in [2.24, 2.45) is 0 Å². The van der Waals surface area contributed by atoms with E-state index in [1.807, 2.05) is 35.2 Å². The number of rotatable bonds is 40. The zero-order valence-electron chi connectivity index (χ0n) is 36.0. The average Bonchev–Trinajstić information content (AvgIpc) is 3.20. The van der Waals surface area contributed by atoms with Gasteiger partial charge in [-0.3, -0.25) is 9.59 Å². The molecule has 0 bridgehead atoms. The molecular formula is C48H86N2O5. The summed E-state index contributed by atoms with van der Waals surface area (Å²) in [4.78, 5) is 39.4. The van der Waals surface area contributed by atoms with Gasteiger partial charge in [0.25, 0.3) is 5.91 Å². The highest BCUT2D eigenvalue weighted by molar-refractivity contribution is 5.82. The number of esters is 1. The summed E-state index contributed by atoms with van der Waals surface area (Å²) in [7, 11) is 0. The minimum Gasteiger partial charge on any atom is -0.454 e. The van der Waals surface area contributed by atoms with Crippen molar-refractivity contribution in [3.05, 3.63) is 35.9 Å². The highest BCUT2D eigenvalue weighted by atomic mass is 16.6. The Morgan fingerprint density at radius 1 is 0.473 bits per heavy atom. The van der Waals surface area contributed by atoms with Crippen molar-refractivity contribution >= 4 is 18.0 Å². The van der Waals surface area contributed by atoms with Gasteiger partial charge in [0.15, 0.2) is 6.61 Å². The lowest BCUT2D eigenvalue weighted by atomic mass is 10.0. The summed E-state index contributed by atoms with van der Waals surface area (Å²) in [5, 5.41) is 2.42. The maximum absolute atomic E-state index is 13.2. The lowest BCUT2D eigenvalue weighted by Crippen LogP contribution is -2.38. The molecule has 1 rings (SSSR count). The molecule has 318 valence electrons. The van der Waals surface area contributed by atoms with Crippen molar-refractivity contribution in [2.45, 2.75) is 226 Å². The van der Waals surface area contributed by atoms with E-state index in [-0.39, 0.29) is 25.7 Å². The quantitative estimate of drug-likeness (QED) is 0.0530. The summed E-state index contributed by atoms with van der Waals surface area (Å²) < 4.78 is 10.4. The second-order valence-corrected chi connectivity index (χ2v) is 16.1. The maximum Gasteiger partial charge on any atom is 0.407 e. The molecule has 0 aliphatic heterocycles. The molecule has 2 amide bonds. The van der Waals surface area contributed by atoms with Crippen LogP contribution in [-0.4, -0.2) is 49.1 Å². The number of unbranched alkanes of at least 4 members (excludes halogenated alkanes) is 30. The molecule has 0 saturated heterocycles. The van der Waals surface area contributed by atoms with Gasteiger partial charge in [0.2, 0.25) is 0 Å². The van der Waals surface area contributed by atoms with Crippen molar-refractivity contribution in [1.82, 2.24) is 10.2 Å². The molecule has 55 heavy (non-hydrogen) atoms. The molecule has 7 nitrogen and oxygen atoms in total. The second-order valence-electron chi connectivity index (χ2n) is 16.1. The second kappa shape index (κ2) is 39.7. The van der Waals surface area contributed by atoms with Crippen molar-refractivity contribution in [1.29, 1.82) is 0 Å². The third-order valence-electron chi connectivity index (χ3n) is 10.9. The van der Waals surface area contributed by atoms with Gasteiger partial charge in [-0.05, 0) is 18.4 Å². The molecule has 0 aliphatic carbocycles. The van der Waals surface area contributed by atoms with Crippen LogP contribution in [0.15, 0.2) is 30.3 Å². The zero-order chi connectivity index (χ0) is 39.7. The van der Waals surface area contributed by atoms with Crippen molar-refractivity contribution in [2.75, 3.05) is 26.2 Å². The first-order valence-corrected chi connectivity index (χ1v) is 23.4. The fourth-order valence-corrected chi connectivity index (χ4v) is 7.27. The summed E-state index contributed by atoms with van der Waals surface area (Å²) in [6, 6.07) is 9.35. The van der Waals surface area contributed by atoms with Crippen LogP contribution in [0, 0.1) is 0 Å². The van der Waals surface area contributed by atoms with Crippen LogP contribution in [0.2, 0.25) is 0 Å². The summed E-state index contributed by atoms with van der Waals surface area (Å²) in [5.74, 6) is -0.795. The van der Waals surface area contributed by atoms with Crippen LogP contribution >= 0.6 is 0 Å². The molecule has 0 fully saturated rings. The molecule has 0 heterocycles. The molecule has 0 radical (unpaired) electrons. The van der Waals surface area contributed by atoms with Gasteiger partial charge >= 0.3 is 12.1 Å². The number of ether oxygens (including phenoxy) is 2. The standard InChI is InChI=1S/C48H86N2O5/c1-3-5-7-9-11-13-15-17-19-21-23-25-27-29-31-36-40-50(41-37-32-30-28-26-24-22-20-18-16-14-12-10-8-6-4-2)46(51)44-54-47(52)42-49-48(53)55-43-45-38-34-33-35-39-45/h33-35,38-39H,3-32,36-37,40-44H2,1-2H3,(H,49,53). The zero-order valence-corrected chi connectivity index (χ0v) is 36.0. The van der Waals surface area contributed by atoms with Crippen LogP contribution in [0.4, 0.5) is 4.79 Å². The number of alkyl carbamates (subject to hydrolysis) is 1. The van der Waals surface area contributed by atoms with Crippen LogP contribution in [0.5, 0.6) is 0 Å². The minimum absolute atomic E-state index is 0.119. The van der Waals surface area contributed by atoms with Crippen molar-refractivity contribution in [3.8, 4) is 0 Å². The van der Waals surface area contributed by atoms with E-state index in [1.54, 1.807) is 0 Å². The number of benzene rings is 1. The van der Waals surface area contributed by atoms with E-state index < -0.39 is 12.1 Å². The van der Waals surface area contributed by atoms with Crippen LogP contribution in [0.3, 0.4) is 0 Å². The van der Waals surface area contributed by atoms with Gasteiger partial charge in [0.05, 0.1) is 0 Å². The molecule has 7 heteroatoms. The Morgan fingerprint density at radius 3 is 1.18 bits per heavy atom. The molecule has 0 atom stereocenters. The van der Waals surface area contributed by atoms with Crippen molar-refractivity contribution in [3.63, 3.8) is 0 Å². The molecule has 0 aliphatic rings. The van der Waals surface area contributed by atoms with Crippen LogP contribution < -0.4 is 5.32 Å². The predicted octanol–water partition coefficient (Wildman–Crippen LogP) is 13.8. The molecule has 1 N–H and O–H groups in total. The van der Waals surface area contributed by atoms with Gasteiger partial charge < -0.3 is 19.7 Å². The topological polar surface area (TPSA) is 84.9 Å². The predicted molar refractivity (Wildman–Crippen MR) is 231 cm³/mol. The highest BCUT2D eigenvalue weighted by Gasteiger charge is 2.16. The van der Waals surface area contributed by atoms with E-state index in [4.69, 9.17) is 9.47 Å². The number of nitrogens with zero attached hydrogens (tertiary/aromatic N) is 1. The van der Waals surface area contributed by atoms with Gasteiger partial charge in [-0.25, -0.2) is 4.79 Å². The van der Waals surface area contributed by atoms with Gasteiger partial charge in [0.1, 0.15) is 13.2 Å². The number of hydrogen-bond donors (Lipinski definition) is 1. The maximum atomic E-state index is 13.2. The molecule has 0 unspecified atom stereocenters. The monoisotopic (exact) mass is 771 g/mol. The molecule has 1 aromatic carbocycles. The normalized spacial score (nSPS) is 11.1.